The minimum atomic E-state index is -0.177. The molecule has 0 amide bonds. The quantitative estimate of drug-likeness (QED) is 0.447. The second-order valence-electron chi connectivity index (χ2n) is 5.00. The maximum atomic E-state index is 12.0. The Bertz CT molecular complexity index is 484. The summed E-state index contributed by atoms with van der Waals surface area (Å²) in [4.78, 5) is 25.6. The molecule has 102 valence electrons. The molecule has 0 radical (unpaired) electrons. The predicted molar refractivity (Wildman–Crippen MR) is 78.0 cm³/mol. The van der Waals surface area contributed by atoms with Gasteiger partial charge in [-0.3, -0.25) is 9.59 Å². The summed E-state index contributed by atoms with van der Waals surface area (Å²) >= 11 is 0. The molecular weight excluding hydrogens is 238 g/mol. The number of hydrogen-bond donors (Lipinski definition) is 0. The van der Waals surface area contributed by atoms with E-state index in [0.717, 1.165) is 11.1 Å². The smallest absolute Gasteiger partial charge is 0.167 e. The molecule has 1 aromatic carbocycles. The van der Waals surface area contributed by atoms with Gasteiger partial charge in [0.1, 0.15) is 0 Å². The molecule has 0 fully saturated rings. The van der Waals surface area contributed by atoms with E-state index >= 15 is 0 Å². The van der Waals surface area contributed by atoms with Crippen LogP contribution in [0, 0.1) is 6.92 Å². The lowest BCUT2D eigenvalue weighted by molar-refractivity contribution is -0.120. The Morgan fingerprint density at radius 3 is 2.21 bits per heavy atom. The van der Waals surface area contributed by atoms with Crippen LogP contribution in [0.1, 0.15) is 24.5 Å². The maximum Gasteiger partial charge on any atom is 0.167 e. The molecule has 0 aliphatic carbocycles. The van der Waals surface area contributed by atoms with Crippen LogP contribution >= 0.6 is 0 Å². The molecule has 0 aliphatic rings. The third-order valence-electron chi connectivity index (χ3n) is 2.85. The molecule has 0 heterocycles. The van der Waals surface area contributed by atoms with E-state index in [1.54, 1.807) is 6.08 Å². The third kappa shape index (κ3) is 5.18. The average molecular weight is 259 g/mol. The first-order valence-corrected chi connectivity index (χ1v) is 6.37. The van der Waals surface area contributed by atoms with Gasteiger partial charge in [0.15, 0.2) is 11.6 Å². The molecule has 0 spiro atoms. The lowest BCUT2D eigenvalue weighted by Gasteiger charge is -2.09. The molecule has 0 saturated heterocycles. The van der Waals surface area contributed by atoms with E-state index in [4.69, 9.17) is 0 Å². The standard InChI is InChI=1S/C16H21NO2/c1-12-5-7-14(8-6-12)11-15(13(2)18)16(19)9-10-17(3)4/h5-8,11H,9-10H2,1-4H3. The summed E-state index contributed by atoms with van der Waals surface area (Å²) in [5, 5.41) is 0. The number of carbonyl (C=O) groups excluding carboxylic acids is 2. The predicted octanol–water partition coefficient (Wildman–Crippen LogP) is 2.49. The van der Waals surface area contributed by atoms with E-state index in [0.29, 0.717) is 13.0 Å². The van der Waals surface area contributed by atoms with Crippen LogP contribution in [0.2, 0.25) is 0 Å². The summed E-state index contributed by atoms with van der Waals surface area (Å²) in [6.45, 7) is 4.09. The fourth-order valence-corrected chi connectivity index (χ4v) is 1.67. The second-order valence-corrected chi connectivity index (χ2v) is 5.00. The van der Waals surface area contributed by atoms with Crippen molar-refractivity contribution >= 4 is 17.6 Å². The van der Waals surface area contributed by atoms with Gasteiger partial charge in [-0.15, -0.1) is 0 Å². The van der Waals surface area contributed by atoms with Gasteiger partial charge >= 0.3 is 0 Å². The summed E-state index contributed by atoms with van der Waals surface area (Å²) in [7, 11) is 3.81. The van der Waals surface area contributed by atoms with Crippen LogP contribution < -0.4 is 0 Å². The average Bonchev–Trinajstić information content (AvgIpc) is 2.34. The number of benzene rings is 1. The number of nitrogens with zero attached hydrogens (tertiary/aromatic N) is 1. The first-order valence-electron chi connectivity index (χ1n) is 6.37. The molecule has 3 nitrogen and oxygen atoms in total. The highest BCUT2D eigenvalue weighted by Crippen LogP contribution is 2.11. The third-order valence-corrected chi connectivity index (χ3v) is 2.85. The van der Waals surface area contributed by atoms with E-state index in [2.05, 4.69) is 0 Å². The minimum absolute atomic E-state index is 0.0956. The molecule has 3 heteroatoms. The highest BCUT2D eigenvalue weighted by atomic mass is 16.1. The highest BCUT2D eigenvalue weighted by Gasteiger charge is 2.14. The zero-order chi connectivity index (χ0) is 14.4. The maximum absolute atomic E-state index is 12.0. The minimum Gasteiger partial charge on any atom is -0.309 e. The number of hydrogen-bond acceptors (Lipinski definition) is 3. The molecule has 0 aliphatic heterocycles. The van der Waals surface area contributed by atoms with E-state index < -0.39 is 0 Å². The first kappa shape index (κ1) is 15.3. The number of carbonyl (C=O) groups is 2. The Morgan fingerprint density at radius 2 is 1.74 bits per heavy atom. The van der Waals surface area contributed by atoms with Crippen LogP contribution in [0.15, 0.2) is 29.8 Å². The Balaban J connectivity index is 2.91. The second kappa shape index (κ2) is 7.00. The summed E-state index contributed by atoms with van der Waals surface area (Å²) < 4.78 is 0. The van der Waals surface area contributed by atoms with Crippen molar-refractivity contribution in [1.29, 1.82) is 0 Å². The van der Waals surface area contributed by atoms with Crippen molar-refractivity contribution in [3.63, 3.8) is 0 Å². The number of Topliss-reactive ketones (excluding diaryl/α,β-unsaturated/α-hetero) is 2. The van der Waals surface area contributed by atoms with Crippen LogP contribution in [0.5, 0.6) is 0 Å². The van der Waals surface area contributed by atoms with Crippen LogP contribution in [0.25, 0.3) is 6.08 Å². The number of ketones is 2. The van der Waals surface area contributed by atoms with Crippen LogP contribution in [-0.4, -0.2) is 37.1 Å². The van der Waals surface area contributed by atoms with Gasteiger partial charge in [0.05, 0.1) is 5.57 Å². The fraction of sp³-hybridized carbons (Fsp3) is 0.375. The molecule has 19 heavy (non-hydrogen) atoms. The van der Waals surface area contributed by atoms with E-state index in [9.17, 15) is 9.59 Å². The van der Waals surface area contributed by atoms with Crippen molar-refractivity contribution in [2.45, 2.75) is 20.3 Å². The van der Waals surface area contributed by atoms with Crippen LogP contribution in [0.4, 0.5) is 0 Å². The van der Waals surface area contributed by atoms with E-state index in [1.165, 1.54) is 6.92 Å². The summed E-state index contributed by atoms with van der Waals surface area (Å²) in [5.41, 5.74) is 2.32. The van der Waals surface area contributed by atoms with Crippen LogP contribution in [-0.2, 0) is 9.59 Å². The molecule has 0 atom stereocenters. The molecule has 0 bridgehead atoms. The number of rotatable bonds is 6. The lowest BCUT2D eigenvalue weighted by atomic mass is 10.0. The zero-order valence-corrected chi connectivity index (χ0v) is 12.1. The monoisotopic (exact) mass is 259 g/mol. The van der Waals surface area contributed by atoms with Crippen molar-refractivity contribution in [1.82, 2.24) is 4.90 Å². The molecule has 0 saturated carbocycles. The largest absolute Gasteiger partial charge is 0.309 e. The summed E-state index contributed by atoms with van der Waals surface area (Å²) in [6, 6.07) is 7.76. The first-order chi connectivity index (χ1) is 8.90. The van der Waals surface area contributed by atoms with Crippen LogP contribution in [0.3, 0.4) is 0 Å². The molecule has 0 unspecified atom stereocenters. The number of allylic oxidation sites excluding steroid dienone is 1. The highest BCUT2D eigenvalue weighted by molar-refractivity contribution is 6.22. The Kier molecular flexibility index (Phi) is 5.64. The summed E-state index contributed by atoms with van der Waals surface area (Å²) in [5.74, 6) is -0.272. The normalized spacial score (nSPS) is 11.7. The van der Waals surface area contributed by atoms with Gasteiger partial charge in [0.25, 0.3) is 0 Å². The van der Waals surface area contributed by atoms with E-state index in [1.807, 2.05) is 50.2 Å². The Morgan fingerprint density at radius 1 is 1.16 bits per heavy atom. The van der Waals surface area contributed by atoms with Crippen molar-refractivity contribution in [3.8, 4) is 0 Å². The lowest BCUT2D eigenvalue weighted by Crippen LogP contribution is -2.19. The van der Waals surface area contributed by atoms with Crippen molar-refractivity contribution in [3.05, 3.63) is 41.0 Å². The van der Waals surface area contributed by atoms with E-state index in [-0.39, 0.29) is 17.1 Å². The van der Waals surface area contributed by atoms with Gasteiger partial charge in [-0.05, 0) is 39.6 Å². The van der Waals surface area contributed by atoms with Gasteiger partial charge in [-0.1, -0.05) is 29.8 Å². The van der Waals surface area contributed by atoms with Gasteiger partial charge in [0, 0.05) is 13.0 Å². The van der Waals surface area contributed by atoms with Crippen molar-refractivity contribution < 1.29 is 9.59 Å². The van der Waals surface area contributed by atoms with Gasteiger partial charge < -0.3 is 4.90 Å². The molecule has 0 N–H and O–H groups in total. The molecule has 1 rings (SSSR count). The fourth-order valence-electron chi connectivity index (χ4n) is 1.67. The summed E-state index contributed by atoms with van der Waals surface area (Å²) in [6.07, 6.45) is 2.05. The molecule has 0 aromatic heterocycles. The Labute approximate surface area is 114 Å². The van der Waals surface area contributed by atoms with Gasteiger partial charge in [0.2, 0.25) is 0 Å². The van der Waals surface area contributed by atoms with Crippen molar-refractivity contribution in [2.24, 2.45) is 0 Å². The van der Waals surface area contributed by atoms with Gasteiger partial charge in [-0.2, -0.15) is 0 Å². The van der Waals surface area contributed by atoms with Gasteiger partial charge in [-0.25, -0.2) is 0 Å². The SMILES string of the molecule is CC(=O)C(=Cc1ccc(C)cc1)C(=O)CCN(C)C. The Hall–Kier alpha value is -1.74. The molecule has 1 aromatic rings. The topological polar surface area (TPSA) is 37.4 Å². The molecular formula is C16H21NO2. The number of aryl methyl sites for hydroxylation is 1. The zero-order valence-electron chi connectivity index (χ0n) is 12.1. The van der Waals surface area contributed by atoms with Crippen molar-refractivity contribution in [2.75, 3.05) is 20.6 Å².